The monoisotopic (exact) mass is 512 g/mol. The summed E-state index contributed by atoms with van der Waals surface area (Å²) in [6.07, 6.45) is 10.4. The van der Waals surface area contributed by atoms with E-state index in [-0.39, 0.29) is 23.5 Å². The Bertz CT molecular complexity index is 1250. The van der Waals surface area contributed by atoms with E-state index in [1.165, 1.54) is 24.9 Å². The molecule has 5 nitrogen and oxygen atoms in total. The van der Waals surface area contributed by atoms with Crippen LogP contribution in [-0.4, -0.2) is 58.6 Å². The Labute approximate surface area is 226 Å². The fraction of sp³-hybridized carbons (Fsp3) is 0.545. The van der Waals surface area contributed by atoms with Crippen molar-refractivity contribution in [2.75, 3.05) is 19.6 Å². The van der Waals surface area contributed by atoms with Gasteiger partial charge >= 0.3 is 0 Å². The van der Waals surface area contributed by atoms with E-state index in [9.17, 15) is 9.90 Å². The highest BCUT2D eigenvalue weighted by molar-refractivity contribution is 5.92. The lowest BCUT2D eigenvalue weighted by molar-refractivity contribution is -0.138. The molecule has 5 atom stereocenters. The second-order valence-electron chi connectivity index (χ2n) is 12.9. The Kier molecular flexibility index (Phi) is 5.84. The molecule has 2 heterocycles. The Balaban J connectivity index is 1.26. The molecule has 5 aliphatic rings. The van der Waals surface area contributed by atoms with Crippen LogP contribution in [0.25, 0.3) is 6.08 Å². The summed E-state index contributed by atoms with van der Waals surface area (Å²) < 4.78 is 6.90. The summed E-state index contributed by atoms with van der Waals surface area (Å²) in [5, 5.41) is 11.0. The molecule has 1 amide bonds. The number of hydrogen-bond donors (Lipinski definition) is 1. The number of aromatic hydroxyl groups is 1. The molecule has 2 aromatic rings. The smallest absolute Gasteiger partial charge is 0.246 e. The van der Waals surface area contributed by atoms with Gasteiger partial charge in [-0.1, -0.05) is 44.2 Å². The van der Waals surface area contributed by atoms with E-state index in [0.717, 1.165) is 61.6 Å². The van der Waals surface area contributed by atoms with Crippen LogP contribution in [0.2, 0.25) is 0 Å². The van der Waals surface area contributed by atoms with Crippen molar-refractivity contribution in [2.24, 2.45) is 17.8 Å². The molecule has 200 valence electrons. The van der Waals surface area contributed by atoms with Crippen LogP contribution in [0.3, 0.4) is 0 Å². The van der Waals surface area contributed by atoms with Crippen LogP contribution in [-0.2, 0) is 16.6 Å². The number of ether oxygens (including phenoxy) is 1. The van der Waals surface area contributed by atoms with E-state index >= 15 is 0 Å². The van der Waals surface area contributed by atoms with Crippen molar-refractivity contribution in [3.63, 3.8) is 0 Å². The lowest BCUT2D eigenvalue weighted by atomic mass is 9.50. The highest BCUT2D eigenvalue weighted by atomic mass is 16.5. The second-order valence-corrected chi connectivity index (χ2v) is 12.9. The summed E-state index contributed by atoms with van der Waals surface area (Å²) >= 11 is 0. The second kappa shape index (κ2) is 9.15. The van der Waals surface area contributed by atoms with E-state index in [2.05, 4.69) is 23.6 Å². The van der Waals surface area contributed by atoms with Gasteiger partial charge in [0.1, 0.15) is 17.6 Å². The minimum atomic E-state index is -0.117. The molecule has 1 N–H and O–H groups in total. The predicted octanol–water partition coefficient (Wildman–Crippen LogP) is 5.41. The quantitative estimate of drug-likeness (QED) is 0.504. The van der Waals surface area contributed by atoms with E-state index in [0.29, 0.717) is 23.6 Å². The first-order chi connectivity index (χ1) is 18.5. The van der Waals surface area contributed by atoms with Crippen LogP contribution < -0.4 is 4.74 Å². The molecule has 5 heteroatoms. The van der Waals surface area contributed by atoms with Gasteiger partial charge < -0.3 is 14.7 Å². The number of piperidine rings is 1. The van der Waals surface area contributed by atoms with Gasteiger partial charge in [0.05, 0.1) is 6.04 Å². The zero-order valence-electron chi connectivity index (χ0n) is 22.7. The Morgan fingerprint density at radius 2 is 1.97 bits per heavy atom. The van der Waals surface area contributed by atoms with E-state index in [1.54, 1.807) is 6.08 Å². The number of carbonyl (C=O) groups excluding carboxylic acids is 1. The summed E-state index contributed by atoms with van der Waals surface area (Å²) in [4.78, 5) is 18.7. The van der Waals surface area contributed by atoms with Gasteiger partial charge in [-0.2, -0.15) is 0 Å². The number of carbonyl (C=O) groups is 1. The number of benzene rings is 2. The highest BCUT2D eigenvalue weighted by Crippen LogP contribution is 2.64. The van der Waals surface area contributed by atoms with Crippen LogP contribution in [0, 0.1) is 17.8 Å². The fourth-order valence-corrected chi connectivity index (χ4v) is 8.40. The number of phenolic OH excluding ortho intramolecular Hbond substituents is 1. The zero-order valence-corrected chi connectivity index (χ0v) is 22.7. The molecule has 2 aromatic carbocycles. The Hall–Kier alpha value is -2.79. The highest BCUT2D eigenvalue weighted by Gasteiger charge is 2.66. The molecule has 0 aromatic heterocycles. The third-order valence-electron chi connectivity index (χ3n) is 10.1. The largest absolute Gasteiger partial charge is 0.508 e. The van der Waals surface area contributed by atoms with Gasteiger partial charge in [0.15, 0.2) is 0 Å². The van der Waals surface area contributed by atoms with Gasteiger partial charge in [-0.25, -0.2) is 0 Å². The van der Waals surface area contributed by atoms with E-state index in [1.807, 2.05) is 48.5 Å². The maximum absolute atomic E-state index is 13.8. The SMILES string of the molecule is CC(C)CN(C(=O)C=Cc1ccccc1)[C@H]1CC[C@H]2[C@H]3Cc4c(O)ccc5c4[C@@]2(CCN3CC2CC2)[C@H]1O5. The van der Waals surface area contributed by atoms with Crippen molar-refractivity contribution < 1.29 is 14.6 Å². The normalized spacial score (nSPS) is 31.3. The first-order valence-corrected chi connectivity index (χ1v) is 14.8. The lowest BCUT2D eigenvalue weighted by Crippen LogP contribution is -2.69. The van der Waals surface area contributed by atoms with Gasteiger partial charge in [-0.15, -0.1) is 0 Å². The van der Waals surface area contributed by atoms with E-state index in [4.69, 9.17) is 4.74 Å². The summed E-state index contributed by atoms with van der Waals surface area (Å²) in [6, 6.07) is 14.4. The number of hydrogen-bond acceptors (Lipinski definition) is 4. The average molecular weight is 513 g/mol. The molecule has 1 saturated heterocycles. The summed E-state index contributed by atoms with van der Waals surface area (Å²) in [5.74, 6) is 3.18. The zero-order chi connectivity index (χ0) is 26.0. The maximum Gasteiger partial charge on any atom is 0.246 e. The first kappa shape index (κ1) is 24.3. The van der Waals surface area contributed by atoms with Gasteiger partial charge in [0.2, 0.25) is 5.91 Å². The number of amides is 1. The number of nitrogens with zero attached hydrogens (tertiary/aromatic N) is 2. The Morgan fingerprint density at radius 3 is 2.74 bits per heavy atom. The molecule has 38 heavy (non-hydrogen) atoms. The standard InChI is InChI=1S/C33H40N2O3/c1-21(2)19-35(30(37)15-10-22-6-4-3-5-7-22)26-12-11-25-27-18-24-28(36)13-14-29-31(24)33(25,32(26)38-29)16-17-34(27)20-23-8-9-23/h3-7,10,13-15,21,23,25-27,32,36H,8-9,11-12,16-20H2,1-2H3/t25-,26-,27+,32-,33-/m0/s1. The van der Waals surface area contributed by atoms with Crippen LogP contribution in [0.1, 0.15) is 62.6 Å². The lowest BCUT2D eigenvalue weighted by Gasteiger charge is -2.60. The molecule has 2 aliphatic heterocycles. The molecule has 7 rings (SSSR count). The maximum atomic E-state index is 13.8. The number of phenols is 1. The summed E-state index contributed by atoms with van der Waals surface area (Å²) in [7, 11) is 0. The van der Waals surface area contributed by atoms with Gasteiger partial charge in [0, 0.05) is 41.7 Å². The molecule has 0 unspecified atom stereocenters. The fourth-order valence-electron chi connectivity index (χ4n) is 8.40. The molecule has 0 radical (unpaired) electrons. The van der Waals surface area contributed by atoms with Crippen molar-refractivity contribution >= 4 is 12.0 Å². The van der Waals surface area contributed by atoms with Crippen LogP contribution in [0.4, 0.5) is 0 Å². The average Bonchev–Trinajstić information content (AvgIpc) is 3.67. The van der Waals surface area contributed by atoms with Gasteiger partial charge in [0.25, 0.3) is 0 Å². The molecular formula is C33H40N2O3. The third-order valence-corrected chi connectivity index (χ3v) is 10.1. The molecule has 1 spiro atoms. The van der Waals surface area contributed by atoms with Gasteiger partial charge in [-0.05, 0) is 86.6 Å². The minimum absolute atomic E-state index is 0.0256. The molecule has 3 aliphatic carbocycles. The molecule has 2 saturated carbocycles. The summed E-state index contributed by atoms with van der Waals surface area (Å²) in [6.45, 7) is 7.39. The molecule has 2 bridgehead atoms. The van der Waals surface area contributed by atoms with Crippen LogP contribution >= 0.6 is 0 Å². The van der Waals surface area contributed by atoms with E-state index < -0.39 is 0 Å². The van der Waals surface area contributed by atoms with Crippen molar-refractivity contribution in [2.45, 2.75) is 76.0 Å². The Morgan fingerprint density at radius 1 is 1.16 bits per heavy atom. The van der Waals surface area contributed by atoms with Gasteiger partial charge in [-0.3, -0.25) is 9.69 Å². The van der Waals surface area contributed by atoms with Crippen molar-refractivity contribution in [1.82, 2.24) is 9.80 Å². The predicted molar refractivity (Wildman–Crippen MR) is 149 cm³/mol. The topological polar surface area (TPSA) is 53.0 Å². The molecule has 3 fully saturated rings. The first-order valence-electron chi connectivity index (χ1n) is 14.8. The minimum Gasteiger partial charge on any atom is -0.508 e. The van der Waals surface area contributed by atoms with Crippen LogP contribution in [0.5, 0.6) is 11.5 Å². The number of rotatable bonds is 7. The number of likely N-dealkylation sites (tertiary alicyclic amines) is 1. The third kappa shape index (κ3) is 3.80. The van der Waals surface area contributed by atoms with Crippen molar-refractivity contribution in [1.29, 1.82) is 0 Å². The molecular weight excluding hydrogens is 472 g/mol. The van der Waals surface area contributed by atoms with Crippen molar-refractivity contribution in [3.05, 3.63) is 65.2 Å². The summed E-state index contributed by atoms with van der Waals surface area (Å²) in [5.41, 5.74) is 3.30. The van der Waals surface area contributed by atoms with Crippen LogP contribution in [0.15, 0.2) is 48.5 Å². The van der Waals surface area contributed by atoms with Crippen molar-refractivity contribution in [3.8, 4) is 11.5 Å².